The number of halogens is 1. The Hall–Kier alpha value is -1.28. The van der Waals surface area contributed by atoms with Crippen molar-refractivity contribution in [1.82, 2.24) is 0 Å². The van der Waals surface area contributed by atoms with Crippen LogP contribution in [0.15, 0.2) is 29.2 Å². The molecule has 5 nitrogen and oxygen atoms in total. The number of aliphatic hydroxyl groups is 1. The Balaban J connectivity index is 2.41. The summed E-state index contributed by atoms with van der Waals surface area (Å²) in [7, 11) is -2.33. The van der Waals surface area contributed by atoms with Gasteiger partial charge < -0.3 is 9.84 Å². The number of anilines is 1. The van der Waals surface area contributed by atoms with Gasteiger partial charge in [-0.2, -0.15) is 0 Å². The van der Waals surface area contributed by atoms with Crippen molar-refractivity contribution in [1.29, 1.82) is 0 Å². The van der Waals surface area contributed by atoms with Crippen molar-refractivity contribution in [2.45, 2.75) is 18.4 Å². The van der Waals surface area contributed by atoms with Gasteiger partial charge >= 0.3 is 0 Å². The van der Waals surface area contributed by atoms with Crippen LogP contribution in [0.1, 0.15) is 9.75 Å². The zero-order valence-corrected chi connectivity index (χ0v) is 13.8. The molecule has 2 aromatic rings. The first-order valence-electron chi connectivity index (χ1n) is 5.94. The highest BCUT2D eigenvalue weighted by molar-refractivity contribution is 7.93. The number of methoxy groups -OCH3 is 1. The molecule has 0 unspecified atom stereocenters. The quantitative estimate of drug-likeness (QED) is 0.871. The van der Waals surface area contributed by atoms with E-state index in [1.54, 1.807) is 19.1 Å². The molecule has 0 radical (unpaired) electrons. The average molecular weight is 348 g/mol. The number of thiophene rings is 1. The van der Waals surface area contributed by atoms with Crippen LogP contribution >= 0.6 is 22.9 Å². The molecule has 0 saturated carbocycles. The normalized spacial score (nSPS) is 11.4. The first kappa shape index (κ1) is 16.1. The van der Waals surface area contributed by atoms with Crippen molar-refractivity contribution >= 4 is 38.6 Å². The minimum Gasteiger partial charge on any atom is -0.495 e. The Labute approximate surface area is 132 Å². The summed E-state index contributed by atoms with van der Waals surface area (Å²) in [4.78, 5) is 1.33. The van der Waals surface area contributed by atoms with Crippen molar-refractivity contribution in [3.8, 4) is 5.75 Å². The van der Waals surface area contributed by atoms with Crippen molar-refractivity contribution in [3.05, 3.63) is 39.0 Å². The van der Waals surface area contributed by atoms with Crippen molar-refractivity contribution < 1.29 is 18.3 Å². The third kappa shape index (κ3) is 3.49. The number of aliphatic hydroxyl groups excluding tert-OH is 1. The molecule has 21 heavy (non-hydrogen) atoms. The average Bonchev–Trinajstić information content (AvgIpc) is 2.81. The molecule has 0 aliphatic heterocycles. The molecule has 1 heterocycles. The minimum atomic E-state index is -3.77. The van der Waals surface area contributed by atoms with Gasteiger partial charge in [0.05, 0.1) is 19.4 Å². The van der Waals surface area contributed by atoms with E-state index in [-0.39, 0.29) is 17.2 Å². The molecule has 1 aromatic carbocycles. The van der Waals surface area contributed by atoms with Crippen LogP contribution < -0.4 is 9.46 Å². The number of nitrogens with one attached hydrogen (secondary N) is 1. The topological polar surface area (TPSA) is 75.6 Å². The van der Waals surface area contributed by atoms with Gasteiger partial charge in [0.15, 0.2) is 0 Å². The maximum atomic E-state index is 12.4. The fraction of sp³-hybridized carbons (Fsp3) is 0.231. The van der Waals surface area contributed by atoms with E-state index in [2.05, 4.69) is 4.72 Å². The Morgan fingerprint density at radius 2 is 2.10 bits per heavy atom. The van der Waals surface area contributed by atoms with E-state index in [1.165, 1.54) is 30.6 Å². The van der Waals surface area contributed by atoms with E-state index in [1.807, 2.05) is 0 Å². The van der Waals surface area contributed by atoms with Gasteiger partial charge in [-0.05, 0) is 31.2 Å². The number of hydrogen-bond donors (Lipinski definition) is 2. The first-order chi connectivity index (χ1) is 9.87. The van der Waals surface area contributed by atoms with E-state index in [9.17, 15) is 8.42 Å². The Morgan fingerprint density at radius 1 is 1.38 bits per heavy atom. The van der Waals surface area contributed by atoms with Gasteiger partial charge in [0, 0.05) is 14.8 Å². The van der Waals surface area contributed by atoms with Crippen LogP contribution in [0.2, 0.25) is 5.02 Å². The number of hydrogen-bond acceptors (Lipinski definition) is 5. The SMILES string of the molecule is COc1ccc(Cl)cc1NS(=O)(=O)c1cc(CO)sc1C. The maximum Gasteiger partial charge on any atom is 0.263 e. The number of benzene rings is 1. The fourth-order valence-electron chi connectivity index (χ4n) is 1.83. The summed E-state index contributed by atoms with van der Waals surface area (Å²) in [6, 6.07) is 6.13. The van der Waals surface area contributed by atoms with Gasteiger partial charge in [-0.3, -0.25) is 4.72 Å². The van der Waals surface area contributed by atoms with Crippen LogP contribution in [0.5, 0.6) is 5.75 Å². The summed E-state index contributed by atoms with van der Waals surface area (Å²) in [5.74, 6) is 0.373. The van der Waals surface area contributed by atoms with Gasteiger partial charge in [0.25, 0.3) is 10.0 Å². The second kappa shape index (κ2) is 6.23. The minimum absolute atomic E-state index is 0.138. The van der Waals surface area contributed by atoms with Crippen LogP contribution in [0.25, 0.3) is 0 Å². The number of aryl methyl sites for hydroxylation is 1. The van der Waals surface area contributed by atoms with E-state index < -0.39 is 10.0 Å². The monoisotopic (exact) mass is 347 g/mol. The van der Waals surface area contributed by atoms with E-state index in [4.69, 9.17) is 21.4 Å². The third-order valence-electron chi connectivity index (χ3n) is 2.77. The number of rotatable bonds is 5. The van der Waals surface area contributed by atoms with Crippen LogP contribution in [-0.4, -0.2) is 20.6 Å². The molecule has 0 bridgehead atoms. The zero-order valence-electron chi connectivity index (χ0n) is 11.4. The zero-order chi connectivity index (χ0) is 15.6. The van der Waals surface area contributed by atoms with Gasteiger partial charge in [-0.15, -0.1) is 11.3 Å². The highest BCUT2D eigenvalue weighted by Crippen LogP contribution is 2.32. The van der Waals surface area contributed by atoms with Gasteiger partial charge in [-0.25, -0.2) is 8.42 Å². The molecule has 0 amide bonds. The predicted octanol–water partition coefficient (Wildman–Crippen LogP) is 3.01. The van der Waals surface area contributed by atoms with Crippen LogP contribution in [0, 0.1) is 6.92 Å². The van der Waals surface area contributed by atoms with Crippen molar-refractivity contribution in [2.24, 2.45) is 0 Å². The fourth-order valence-corrected chi connectivity index (χ4v) is 4.56. The molecule has 0 spiro atoms. The molecular weight excluding hydrogens is 334 g/mol. The standard InChI is InChI=1S/C13H14ClNO4S2/c1-8-13(6-10(7-16)20-8)21(17,18)15-11-5-9(14)3-4-12(11)19-2/h3-6,15-16H,7H2,1-2H3. The van der Waals surface area contributed by atoms with Crippen molar-refractivity contribution in [3.63, 3.8) is 0 Å². The van der Waals surface area contributed by atoms with Crippen LogP contribution in [0.4, 0.5) is 5.69 Å². The Kier molecular flexibility index (Phi) is 4.77. The molecule has 2 rings (SSSR count). The Bertz CT molecular complexity index is 756. The first-order valence-corrected chi connectivity index (χ1v) is 8.61. The van der Waals surface area contributed by atoms with Crippen molar-refractivity contribution in [2.75, 3.05) is 11.8 Å². The summed E-state index contributed by atoms with van der Waals surface area (Å²) >= 11 is 7.12. The lowest BCUT2D eigenvalue weighted by molar-refractivity contribution is 0.285. The summed E-state index contributed by atoms with van der Waals surface area (Å²) < 4.78 is 32.5. The summed E-state index contributed by atoms with van der Waals surface area (Å²) in [6.45, 7) is 1.50. The summed E-state index contributed by atoms with van der Waals surface area (Å²) in [6.07, 6.45) is 0. The smallest absolute Gasteiger partial charge is 0.263 e. The lowest BCUT2D eigenvalue weighted by Crippen LogP contribution is -2.13. The highest BCUT2D eigenvalue weighted by Gasteiger charge is 2.21. The molecule has 1 aromatic heterocycles. The highest BCUT2D eigenvalue weighted by atomic mass is 35.5. The van der Waals surface area contributed by atoms with E-state index in [0.717, 1.165) is 0 Å². The lowest BCUT2D eigenvalue weighted by atomic mass is 10.3. The predicted molar refractivity (Wildman–Crippen MR) is 83.8 cm³/mol. The molecule has 0 saturated heterocycles. The molecule has 0 aliphatic rings. The molecule has 2 N–H and O–H groups in total. The van der Waals surface area contributed by atoms with Gasteiger partial charge in [0.2, 0.25) is 0 Å². The second-order valence-electron chi connectivity index (χ2n) is 4.24. The Morgan fingerprint density at radius 3 is 2.67 bits per heavy atom. The van der Waals surface area contributed by atoms with Gasteiger partial charge in [0.1, 0.15) is 10.6 Å². The molecule has 8 heteroatoms. The van der Waals surface area contributed by atoms with E-state index in [0.29, 0.717) is 20.5 Å². The molecule has 0 atom stereocenters. The molecule has 0 aliphatic carbocycles. The maximum absolute atomic E-state index is 12.4. The third-order valence-corrected chi connectivity index (χ3v) is 5.67. The number of sulfonamides is 1. The van der Waals surface area contributed by atoms with Gasteiger partial charge in [-0.1, -0.05) is 11.6 Å². The van der Waals surface area contributed by atoms with E-state index >= 15 is 0 Å². The molecule has 0 fully saturated rings. The molecule has 114 valence electrons. The van der Waals surface area contributed by atoms with Crippen LogP contribution in [0.3, 0.4) is 0 Å². The lowest BCUT2D eigenvalue weighted by Gasteiger charge is -2.12. The largest absolute Gasteiger partial charge is 0.495 e. The van der Waals surface area contributed by atoms with Crippen LogP contribution in [-0.2, 0) is 16.6 Å². The summed E-state index contributed by atoms with van der Waals surface area (Å²) in [5, 5.41) is 9.50. The molecular formula is C13H14ClNO4S2. The summed E-state index contributed by atoms with van der Waals surface area (Å²) in [5.41, 5.74) is 0.265. The second-order valence-corrected chi connectivity index (χ2v) is 7.67. The number of ether oxygens (including phenoxy) is 1.